The highest BCUT2D eigenvalue weighted by atomic mass is 35.5. The Morgan fingerprint density at radius 1 is 0.912 bits per heavy atom. The van der Waals surface area contributed by atoms with E-state index in [1.807, 2.05) is 85.1 Å². The molecule has 4 nitrogen and oxygen atoms in total. The van der Waals surface area contributed by atoms with Gasteiger partial charge in [0.1, 0.15) is 17.2 Å². The third-order valence-corrected chi connectivity index (χ3v) is 6.33. The van der Waals surface area contributed by atoms with Gasteiger partial charge in [0.25, 0.3) is 5.91 Å². The summed E-state index contributed by atoms with van der Waals surface area (Å²) in [7, 11) is 0. The van der Waals surface area contributed by atoms with Crippen LogP contribution in [-0.4, -0.2) is 15.5 Å². The van der Waals surface area contributed by atoms with E-state index in [0.717, 1.165) is 22.5 Å². The van der Waals surface area contributed by atoms with E-state index in [1.54, 1.807) is 0 Å². The molecule has 0 fully saturated rings. The minimum Gasteiger partial charge on any atom is -0.344 e. The largest absolute Gasteiger partial charge is 0.344 e. The smallest absolute Gasteiger partial charge is 0.270 e. The Hall–Kier alpha value is -3.37. The van der Waals surface area contributed by atoms with Crippen molar-refractivity contribution in [2.45, 2.75) is 46.2 Å². The van der Waals surface area contributed by atoms with Crippen LogP contribution in [0.2, 0.25) is 5.02 Å². The molecule has 174 valence electrons. The fraction of sp³-hybridized carbons (Fsp3) is 0.241. The first kappa shape index (κ1) is 23.8. The molecule has 0 saturated carbocycles. The Morgan fingerprint density at radius 2 is 1.59 bits per heavy atom. The van der Waals surface area contributed by atoms with Gasteiger partial charge in [-0.3, -0.25) is 4.79 Å². The normalized spacial score (nSPS) is 12.1. The van der Waals surface area contributed by atoms with E-state index in [9.17, 15) is 4.79 Å². The van der Waals surface area contributed by atoms with Crippen LogP contribution in [-0.2, 0) is 6.54 Å². The van der Waals surface area contributed by atoms with Gasteiger partial charge in [-0.2, -0.15) is 0 Å². The van der Waals surface area contributed by atoms with Gasteiger partial charge in [0.15, 0.2) is 0 Å². The number of hydrogen-bond acceptors (Lipinski definition) is 2. The van der Waals surface area contributed by atoms with Crippen LogP contribution in [0.15, 0.2) is 78.9 Å². The number of halogens is 1. The summed E-state index contributed by atoms with van der Waals surface area (Å²) < 4.78 is 2.01. The maximum absolute atomic E-state index is 13.7. The second-order valence-corrected chi connectivity index (χ2v) is 9.21. The maximum Gasteiger partial charge on any atom is 0.270 e. The summed E-state index contributed by atoms with van der Waals surface area (Å²) in [6, 6.07) is 25.7. The Balaban J connectivity index is 1.82. The van der Waals surface area contributed by atoms with Crippen LogP contribution in [0.5, 0.6) is 0 Å². The van der Waals surface area contributed by atoms with E-state index in [2.05, 4.69) is 31.3 Å². The van der Waals surface area contributed by atoms with Crippen LogP contribution in [0.3, 0.4) is 0 Å². The van der Waals surface area contributed by atoms with Gasteiger partial charge in [0.05, 0.1) is 6.04 Å². The Morgan fingerprint density at radius 3 is 2.24 bits per heavy atom. The minimum absolute atomic E-state index is 0.149. The third-order valence-electron chi connectivity index (χ3n) is 6.08. The van der Waals surface area contributed by atoms with Crippen molar-refractivity contribution in [3.8, 4) is 22.6 Å². The number of nitrogens with one attached hydrogen (secondary N) is 1. The van der Waals surface area contributed by atoms with Gasteiger partial charge in [-0.05, 0) is 49.1 Å². The van der Waals surface area contributed by atoms with Crippen molar-refractivity contribution in [3.63, 3.8) is 0 Å². The van der Waals surface area contributed by atoms with E-state index < -0.39 is 0 Å². The molecule has 0 radical (unpaired) electrons. The second-order valence-electron chi connectivity index (χ2n) is 8.77. The molecular formula is C29H30ClN3O. The summed E-state index contributed by atoms with van der Waals surface area (Å²) in [5.74, 6) is 1.02. The predicted octanol–water partition coefficient (Wildman–Crippen LogP) is 7.50. The molecule has 0 saturated heterocycles. The summed E-state index contributed by atoms with van der Waals surface area (Å²) in [5, 5.41) is 3.85. The Bertz CT molecular complexity index is 1280. The van der Waals surface area contributed by atoms with Crippen molar-refractivity contribution in [1.29, 1.82) is 0 Å². The highest BCUT2D eigenvalue weighted by molar-refractivity contribution is 6.30. The van der Waals surface area contributed by atoms with Crippen molar-refractivity contribution in [1.82, 2.24) is 14.9 Å². The van der Waals surface area contributed by atoms with Gasteiger partial charge in [-0.25, -0.2) is 4.98 Å². The van der Waals surface area contributed by atoms with Crippen LogP contribution in [0.25, 0.3) is 22.6 Å². The predicted molar refractivity (Wildman–Crippen MR) is 140 cm³/mol. The maximum atomic E-state index is 13.7. The Kier molecular flexibility index (Phi) is 7.18. The standard InChI is InChI=1S/C29H30ClN3O/c1-5-33-27(29(34)31-20(4)21-14-16-25(30)17-15-21)26(24-13-9-12-23(18-24)19(2)3)32-28(33)22-10-7-6-8-11-22/h6-20H,5H2,1-4H3,(H,31,34). The SMILES string of the molecule is CCn1c(-c2ccccc2)nc(-c2cccc(C(C)C)c2)c1C(=O)NC(C)c1ccc(Cl)cc1. The zero-order valence-corrected chi connectivity index (χ0v) is 20.8. The topological polar surface area (TPSA) is 46.9 Å². The van der Waals surface area contributed by atoms with Crippen molar-refractivity contribution in [2.24, 2.45) is 0 Å². The molecule has 0 bridgehead atoms. The van der Waals surface area contributed by atoms with E-state index >= 15 is 0 Å². The average molecular weight is 472 g/mol. The molecule has 5 heteroatoms. The molecule has 0 spiro atoms. The number of aromatic nitrogens is 2. The summed E-state index contributed by atoms with van der Waals surface area (Å²) in [6.45, 7) is 8.98. The number of benzene rings is 3. The average Bonchev–Trinajstić information content (AvgIpc) is 3.25. The zero-order valence-electron chi connectivity index (χ0n) is 20.0. The lowest BCUT2D eigenvalue weighted by atomic mass is 9.99. The third kappa shape index (κ3) is 4.92. The number of rotatable bonds is 7. The second kappa shape index (κ2) is 10.3. The summed E-state index contributed by atoms with van der Waals surface area (Å²) in [4.78, 5) is 18.8. The molecular weight excluding hydrogens is 442 g/mol. The van der Waals surface area contributed by atoms with E-state index in [-0.39, 0.29) is 11.9 Å². The lowest BCUT2D eigenvalue weighted by Crippen LogP contribution is -2.29. The summed E-state index contributed by atoms with van der Waals surface area (Å²) >= 11 is 6.04. The van der Waals surface area contributed by atoms with Crippen LogP contribution in [0, 0.1) is 0 Å². The first-order valence-electron chi connectivity index (χ1n) is 11.7. The van der Waals surface area contributed by atoms with Crippen molar-refractivity contribution in [2.75, 3.05) is 0 Å². The van der Waals surface area contributed by atoms with Crippen LogP contribution in [0.4, 0.5) is 0 Å². The lowest BCUT2D eigenvalue weighted by molar-refractivity contribution is 0.0931. The van der Waals surface area contributed by atoms with E-state index in [0.29, 0.717) is 28.9 Å². The van der Waals surface area contributed by atoms with E-state index in [4.69, 9.17) is 16.6 Å². The molecule has 1 unspecified atom stereocenters. The molecule has 1 amide bonds. The summed E-state index contributed by atoms with van der Waals surface area (Å²) in [6.07, 6.45) is 0. The molecule has 4 rings (SSSR count). The number of carbonyl (C=O) groups excluding carboxylic acids is 1. The highest BCUT2D eigenvalue weighted by Gasteiger charge is 2.25. The van der Waals surface area contributed by atoms with Gasteiger partial charge < -0.3 is 9.88 Å². The fourth-order valence-electron chi connectivity index (χ4n) is 4.14. The number of carbonyl (C=O) groups is 1. The molecule has 0 aliphatic heterocycles. The molecule has 1 atom stereocenters. The minimum atomic E-state index is -0.181. The first-order chi connectivity index (χ1) is 16.4. The van der Waals surface area contributed by atoms with Crippen LogP contribution in [0.1, 0.15) is 61.3 Å². The lowest BCUT2D eigenvalue weighted by Gasteiger charge is -2.17. The number of imidazole rings is 1. The quantitative estimate of drug-likeness (QED) is 0.303. The van der Waals surface area contributed by atoms with Gasteiger partial charge in [-0.1, -0.05) is 86.1 Å². The van der Waals surface area contributed by atoms with Crippen LogP contribution >= 0.6 is 11.6 Å². The highest BCUT2D eigenvalue weighted by Crippen LogP contribution is 2.31. The molecule has 1 aromatic heterocycles. The number of nitrogens with zero attached hydrogens (tertiary/aromatic N) is 2. The van der Waals surface area contributed by atoms with Crippen molar-refractivity contribution < 1.29 is 4.79 Å². The van der Waals surface area contributed by atoms with Gasteiger partial charge >= 0.3 is 0 Å². The van der Waals surface area contributed by atoms with Crippen LogP contribution < -0.4 is 5.32 Å². The van der Waals surface area contributed by atoms with Gasteiger partial charge in [-0.15, -0.1) is 0 Å². The number of hydrogen-bond donors (Lipinski definition) is 1. The van der Waals surface area contributed by atoms with Gasteiger partial charge in [0, 0.05) is 22.7 Å². The molecule has 1 N–H and O–H groups in total. The molecule has 0 aliphatic rings. The number of amides is 1. The van der Waals surface area contributed by atoms with Gasteiger partial charge in [0.2, 0.25) is 0 Å². The molecule has 1 heterocycles. The molecule has 34 heavy (non-hydrogen) atoms. The van der Waals surface area contributed by atoms with E-state index in [1.165, 1.54) is 5.56 Å². The molecule has 4 aromatic rings. The fourth-order valence-corrected chi connectivity index (χ4v) is 4.27. The zero-order chi connectivity index (χ0) is 24.2. The van der Waals surface area contributed by atoms with Crippen molar-refractivity contribution >= 4 is 17.5 Å². The first-order valence-corrected chi connectivity index (χ1v) is 12.1. The monoisotopic (exact) mass is 471 g/mol. The molecule has 3 aromatic carbocycles. The van der Waals surface area contributed by atoms with Crippen molar-refractivity contribution in [3.05, 3.63) is 101 Å². The molecule has 0 aliphatic carbocycles. The summed E-state index contributed by atoms with van der Waals surface area (Å²) in [5.41, 5.74) is 5.40. The Labute approximate surface area is 206 Å².